The zero-order chi connectivity index (χ0) is 58.9. The highest BCUT2D eigenvalue weighted by Gasteiger charge is 2.47. The highest BCUT2D eigenvalue weighted by Crippen LogP contribution is 2.26. The van der Waals surface area contributed by atoms with Gasteiger partial charge in [0.05, 0.1) is 25.4 Å². The number of hydrogen-bond acceptors (Lipinski definition) is 10. The Hall–Kier alpha value is -2.12. The number of aliphatic hydroxyl groups is 5. The van der Waals surface area contributed by atoms with Crippen molar-refractivity contribution in [3.05, 3.63) is 36.5 Å². The van der Waals surface area contributed by atoms with E-state index >= 15 is 0 Å². The highest BCUT2D eigenvalue weighted by atomic mass is 16.7. The Morgan fingerprint density at radius 2 is 0.852 bits per heavy atom. The maximum Gasteiger partial charge on any atom is 0.306 e. The Kier molecular flexibility index (Phi) is 55.3. The van der Waals surface area contributed by atoms with Crippen molar-refractivity contribution in [1.29, 1.82) is 0 Å². The van der Waals surface area contributed by atoms with E-state index in [1.165, 1.54) is 225 Å². The molecular formula is C70H131NO10. The molecule has 6 N–H and O–H groups in total. The SMILES string of the molecule is CCCCC/C=C\C/C=C\CCCCCCCCCCCCCCCCCCCC(=O)OC1C(OCC(NC(=O)C(O)CCCCCCCCCCCCCCC)C(O)/C=C/CCCCCCCCCCCC)OC(CO)C(O)C1O. The number of hydrogen-bond donors (Lipinski definition) is 6. The zero-order valence-electron chi connectivity index (χ0n) is 52.9. The molecule has 0 aromatic rings. The zero-order valence-corrected chi connectivity index (χ0v) is 52.9. The third-order valence-corrected chi connectivity index (χ3v) is 16.5. The van der Waals surface area contributed by atoms with Crippen LogP contribution in [0.1, 0.15) is 335 Å². The molecule has 1 aliphatic heterocycles. The van der Waals surface area contributed by atoms with Crippen LogP contribution in [0.5, 0.6) is 0 Å². The van der Waals surface area contributed by atoms with Crippen molar-refractivity contribution >= 4 is 11.9 Å². The molecule has 0 aromatic carbocycles. The molecule has 476 valence electrons. The van der Waals surface area contributed by atoms with E-state index in [2.05, 4.69) is 50.4 Å². The number of carbonyl (C=O) groups excluding carboxylic acids is 2. The summed E-state index contributed by atoms with van der Waals surface area (Å²) in [4.78, 5) is 26.6. The lowest BCUT2D eigenvalue weighted by molar-refractivity contribution is -0.305. The number of amides is 1. The minimum atomic E-state index is -1.61. The number of aliphatic hydroxyl groups excluding tert-OH is 5. The number of nitrogens with one attached hydrogen (secondary N) is 1. The van der Waals surface area contributed by atoms with Gasteiger partial charge in [0.25, 0.3) is 0 Å². The van der Waals surface area contributed by atoms with E-state index in [0.29, 0.717) is 19.3 Å². The molecule has 0 saturated carbocycles. The summed E-state index contributed by atoms with van der Waals surface area (Å²) in [7, 11) is 0. The predicted octanol–water partition coefficient (Wildman–Crippen LogP) is 17.4. The summed E-state index contributed by atoms with van der Waals surface area (Å²) in [5, 5.41) is 57.1. The molecule has 1 aliphatic rings. The van der Waals surface area contributed by atoms with Crippen LogP contribution in [0, 0.1) is 0 Å². The van der Waals surface area contributed by atoms with E-state index in [1.54, 1.807) is 6.08 Å². The molecule has 1 amide bonds. The Morgan fingerprint density at radius 1 is 0.481 bits per heavy atom. The van der Waals surface area contributed by atoms with E-state index < -0.39 is 67.4 Å². The molecule has 8 atom stereocenters. The lowest BCUT2D eigenvalue weighted by atomic mass is 9.99. The van der Waals surface area contributed by atoms with Crippen LogP contribution >= 0.6 is 0 Å². The summed E-state index contributed by atoms with van der Waals surface area (Å²) >= 11 is 0. The molecule has 0 aromatic heterocycles. The lowest BCUT2D eigenvalue weighted by Gasteiger charge is -2.41. The van der Waals surface area contributed by atoms with Crippen molar-refractivity contribution in [2.24, 2.45) is 0 Å². The fourth-order valence-corrected chi connectivity index (χ4v) is 11.0. The number of unbranched alkanes of at least 4 members (excludes halogenated alkanes) is 42. The predicted molar refractivity (Wildman–Crippen MR) is 338 cm³/mol. The minimum absolute atomic E-state index is 0.128. The molecule has 81 heavy (non-hydrogen) atoms. The number of carbonyl (C=O) groups is 2. The first-order chi connectivity index (χ1) is 39.7. The second-order valence-electron chi connectivity index (χ2n) is 24.3. The first kappa shape index (κ1) is 76.9. The van der Waals surface area contributed by atoms with E-state index in [1.807, 2.05) is 6.08 Å². The molecule has 11 heteroatoms. The van der Waals surface area contributed by atoms with Crippen molar-refractivity contribution in [2.45, 2.75) is 384 Å². The maximum absolute atomic E-state index is 13.4. The lowest BCUT2D eigenvalue weighted by Crippen LogP contribution is -2.61. The second-order valence-corrected chi connectivity index (χ2v) is 24.3. The first-order valence-corrected chi connectivity index (χ1v) is 34.8. The topological polar surface area (TPSA) is 175 Å². The molecule has 11 nitrogen and oxygen atoms in total. The molecule has 1 saturated heterocycles. The molecule has 0 bridgehead atoms. The maximum atomic E-state index is 13.4. The van der Waals surface area contributed by atoms with Crippen LogP contribution in [0.15, 0.2) is 36.5 Å². The molecule has 0 spiro atoms. The third-order valence-electron chi connectivity index (χ3n) is 16.5. The fourth-order valence-electron chi connectivity index (χ4n) is 11.0. The van der Waals surface area contributed by atoms with Crippen LogP contribution in [0.4, 0.5) is 0 Å². The van der Waals surface area contributed by atoms with Gasteiger partial charge in [-0.2, -0.15) is 0 Å². The second kappa shape index (κ2) is 58.3. The van der Waals surface area contributed by atoms with Gasteiger partial charge in [0, 0.05) is 6.42 Å². The number of rotatable bonds is 60. The average Bonchev–Trinajstić information content (AvgIpc) is 3.51. The summed E-state index contributed by atoms with van der Waals surface area (Å²) in [6.07, 6.45) is 60.5. The molecule has 1 heterocycles. The Balaban J connectivity index is 2.51. The first-order valence-electron chi connectivity index (χ1n) is 34.8. The van der Waals surface area contributed by atoms with Crippen LogP contribution in [-0.4, -0.2) is 99.6 Å². The minimum Gasteiger partial charge on any atom is -0.454 e. The fraction of sp³-hybridized carbons (Fsp3) is 0.886. The molecule has 0 radical (unpaired) electrons. The highest BCUT2D eigenvalue weighted by molar-refractivity contribution is 5.80. The number of allylic oxidation sites excluding steroid dienone is 5. The van der Waals surface area contributed by atoms with Crippen LogP contribution in [0.2, 0.25) is 0 Å². The van der Waals surface area contributed by atoms with Crippen LogP contribution in [0.3, 0.4) is 0 Å². The van der Waals surface area contributed by atoms with Gasteiger partial charge in [-0.1, -0.05) is 308 Å². The van der Waals surface area contributed by atoms with Gasteiger partial charge in [-0.05, 0) is 57.8 Å². The smallest absolute Gasteiger partial charge is 0.306 e. The molecule has 1 rings (SSSR count). The summed E-state index contributed by atoms with van der Waals surface area (Å²) in [5.74, 6) is -1.18. The Labute approximate surface area is 498 Å². The van der Waals surface area contributed by atoms with Crippen molar-refractivity contribution in [3.63, 3.8) is 0 Å². The normalized spacial score (nSPS) is 18.8. The number of esters is 1. The van der Waals surface area contributed by atoms with E-state index in [0.717, 1.165) is 64.2 Å². The van der Waals surface area contributed by atoms with Gasteiger partial charge in [-0.15, -0.1) is 0 Å². The van der Waals surface area contributed by atoms with Gasteiger partial charge in [-0.25, -0.2) is 0 Å². The molecule has 8 unspecified atom stereocenters. The van der Waals surface area contributed by atoms with Gasteiger partial charge in [0.1, 0.15) is 24.4 Å². The summed E-state index contributed by atoms with van der Waals surface area (Å²) in [5.41, 5.74) is 0. The Bertz CT molecular complexity index is 1460. The standard InChI is InChI=1S/C70H131NO10/c1-4-7-10-13-16-19-22-25-26-27-28-29-30-31-32-33-34-35-36-37-38-40-43-46-49-52-55-58-65(75)81-68-67(77)66(76)64(59-72)80-70(68)79-60-61(62(73)56-53-50-47-44-41-24-21-18-15-12-9-6-3)71-69(78)63(74)57-54-51-48-45-42-39-23-20-17-14-11-8-5-2/h16,19,25-26,53,56,61-64,66-68,70,72-74,76-77H,4-15,17-18,20-24,27-52,54-55,57-60H2,1-3H3,(H,71,78)/b19-16-,26-25-,56-53+. The van der Waals surface area contributed by atoms with E-state index in [9.17, 15) is 35.1 Å². The van der Waals surface area contributed by atoms with Crippen LogP contribution in [-0.2, 0) is 23.8 Å². The summed E-state index contributed by atoms with van der Waals surface area (Å²) in [6.45, 7) is 5.80. The van der Waals surface area contributed by atoms with Gasteiger partial charge in [0.15, 0.2) is 12.4 Å². The Morgan fingerprint density at radius 3 is 1.28 bits per heavy atom. The van der Waals surface area contributed by atoms with Crippen LogP contribution in [0.25, 0.3) is 0 Å². The van der Waals surface area contributed by atoms with Crippen molar-refractivity contribution in [1.82, 2.24) is 5.32 Å². The van der Waals surface area contributed by atoms with Gasteiger partial charge < -0.3 is 45.1 Å². The van der Waals surface area contributed by atoms with Crippen molar-refractivity contribution < 1.29 is 49.3 Å². The van der Waals surface area contributed by atoms with Gasteiger partial charge in [0.2, 0.25) is 5.91 Å². The largest absolute Gasteiger partial charge is 0.454 e. The molecular weight excluding hydrogens is 1010 g/mol. The van der Waals surface area contributed by atoms with Crippen molar-refractivity contribution in [3.8, 4) is 0 Å². The van der Waals surface area contributed by atoms with E-state index in [4.69, 9.17) is 14.2 Å². The summed E-state index contributed by atoms with van der Waals surface area (Å²) < 4.78 is 17.7. The molecule has 1 fully saturated rings. The van der Waals surface area contributed by atoms with E-state index in [-0.39, 0.29) is 13.0 Å². The van der Waals surface area contributed by atoms with Gasteiger partial charge in [-0.3, -0.25) is 9.59 Å². The monoisotopic (exact) mass is 1150 g/mol. The van der Waals surface area contributed by atoms with Gasteiger partial charge >= 0.3 is 5.97 Å². The van der Waals surface area contributed by atoms with Crippen molar-refractivity contribution in [2.75, 3.05) is 13.2 Å². The quantitative estimate of drug-likeness (QED) is 0.0195. The summed E-state index contributed by atoms with van der Waals surface area (Å²) in [6, 6.07) is -1.02. The average molecular weight is 1150 g/mol. The number of ether oxygens (including phenoxy) is 3. The molecule has 0 aliphatic carbocycles. The van der Waals surface area contributed by atoms with Crippen LogP contribution < -0.4 is 5.32 Å². The third kappa shape index (κ3) is 45.9.